The van der Waals surface area contributed by atoms with Crippen LogP contribution in [0.3, 0.4) is 0 Å². The van der Waals surface area contributed by atoms with E-state index in [9.17, 15) is 4.79 Å². The molecule has 2 saturated heterocycles. The van der Waals surface area contributed by atoms with Gasteiger partial charge >= 0.3 is 6.03 Å². The lowest BCUT2D eigenvalue weighted by molar-refractivity contribution is 0.0198. The maximum absolute atomic E-state index is 12.2. The van der Waals surface area contributed by atoms with E-state index in [0.717, 1.165) is 24.6 Å². The SMILES string of the molecule is O=C(Nc1ccc(Cl)cc1)NC1CC2CCCC(C1)N2C1CC1. The van der Waals surface area contributed by atoms with Crippen LogP contribution < -0.4 is 10.6 Å². The number of hydrogen-bond acceptors (Lipinski definition) is 2. The van der Waals surface area contributed by atoms with Crippen LogP contribution in [-0.4, -0.2) is 35.1 Å². The number of hydrogen-bond donors (Lipinski definition) is 2. The smallest absolute Gasteiger partial charge is 0.319 e. The van der Waals surface area contributed by atoms with Crippen molar-refractivity contribution in [2.24, 2.45) is 0 Å². The van der Waals surface area contributed by atoms with Crippen LogP contribution >= 0.6 is 11.6 Å². The molecule has 2 N–H and O–H groups in total. The lowest BCUT2D eigenvalue weighted by Gasteiger charge is -2.49. The Hall–Kier alpha value is -1.26. The van der Waals surface area contributed by atoms with Crippen LogP contribution in [0.4, 0.5) is 10.5 Å². The van der Waals surface area contributed by atoms with Gasteiger partial charge in [0.05, 0.1) is 0 Å². The number of anilines is 1. The zero-order chi connectivity index (χ0) is 15.8. The second-order valence-electron chi connectivity index (χ2n) is 7.19. The van der Waals surface area contributed by atoms with E-state index in [1.165, 1.54) is 32.1 Å². The van der Waals surface area contributed by atoms with Crippen molar-refractivity contribution in [3.63, 3.8) is 0 Å². The summed E-state index contributed by atoms with van der Waals surface area (Å²) >= 11 is 5.87. The molecule has 3 aliphatic rings. The molecule has 1 saturated carbocycles. The molecule has 1 aromatic rings. The van der Waals surface area contributed by atoms with Gasteiger partial charge in [0.2, 0.25) is 0 Å². The molecule has 1 aromatic carbocycles. The van der Waals surface area contributed by atoms with Gasteiger partial charge in [-0.1, -0.05) is 18.0 Å². The molecule has 4 nitrogen and oxygen atoms in total. The third kappa shape index (κ3) is 3.48. The molecule has 2 aliphatic heterocycles. The first kappa shape index (κ1) is 15.3. The summed E-state index contributed by atoms with van der Waals surface area (Å²) in [4.78, 5) is 15.0. The van der Waals surface area contributed by atoms with Crippen molar-refractivity contribution in [3.05, 3.63) is 29.3 Å². The van der Waals surface area contributed by atoms with Crippen LogP contribution in [0, 0.1) is 0 Å². The molecule has 1 aliphatic carbocycles. The van der Waals surface area contributed by atoms with Crippen LogP contribution in [0.25, 0.3) is 0 Å². The third-order valence-electron chi connectivity index (χ3n) is 5.44. The van der Waals surface area contributed by atoms with E-state index in [4.69, 9.17) is 11.6 Å². The van der Waals surface area contributed by atoms with Gasteiger partial charge in [-0.15, -0.1) is 0 Å². The second kappa shape index (κ2) is 6.33. The molecule has 5 heteroatoms. The first-order valence-corrected chi connectivity index (χ1v) is 9.17. The summed E-state index contributed by atoms with van der Waals surface area (Å²) in [6.45, 7) is 0. The average molecular weight is 334 g/mol. The first-order chi connectivity index (χ1) is 11.2. The van der Waals surface area contributed by atoms with Gasteiger partial charge in [-0.3, -0.25) is 4.90 Å². The van der Waals surface area contributed by atoms with Crippen LogP contribution in [0.15, 0.2) is 24.3 Å². The summed E-state index contributed by atoms with van der Waals surface area (Å²) in [5.74, 6) is 0. The highest BCUT2D eigenvalue weighted by atomic mass is 35.5. The fourth-order valence-electron chi connectivity index (χ4n) is 4.39. The van der Waals surface area contributed by atoms with Crippen molar-refractivity contribution >= 4 is 23.3 Å². The van der Waals surface area contributed by atoms with Crippen molar-refractivity contribution in [2.45, 2.75) is 69.1 Å². The van der Waals surface area contributed by atoms with Gasteiger partial charge in [-0.25, -0.2) is 4.79 Å². The summed E-state index contributed by atoms with van der Waals surface area (Å²) in [6, 6.07) is 9.62. The minimum Gasteiger partial charge on any atom is -0.335 e. The molecule has 0 spiro atoms. The monoisotopic (exact) mass is 333 g/mol. The highest BCUT2D eigenvalue weighted by Crippen LogP contribution is 2.41. The number of amides is 2. The molecule has 23 heavy (non-hydrogen) atoms. The Morgan fingerprint density at radius 3 is 2.26 bits per heavy atom. The van der Waals surface area contributed by atoms with Crippen LogP contribution in [0.2, 0.25) is 5.02 Å². The van der Waals surface area contributed by atoms with Gasteiger partial charge < -0.3 is 10.6 Å². The van der Waals surface area contributed by atoms with Gasteiger partial charge in [0, 0.05) is 34.9 Å². The van der Waals surface area contributed by atoms with E-state index in [1.54, 1.807) is 12.1 Å². The van der Waals surface area contributed by atoms with Crippen molar-refractivity contribution in [1.82, 2.24) is 10.2 Å². The summed E-state index contributed by atoms with van der Waals surface area (Å²) in [5.41, 5.74) is 0.780. The molecule has 4 rings (SSSR count). The zero-order valence-electron chi connectivity index (χ0n) is 13.3. The highest BCUT2D eigenvalue weighted by molar-refractivity contribution is 6.30. The Kier molecular flexibility index (Phi) is 4.20. The summed E-state index contributed by atoms with van der Waals surface area (Å²) in [7, 11) is 0. The molecule has 2 amide bonds. The Labute approximate surface area is 142 Å². The third-order valence-corrected chi connectivity index (χ3v) is 5.69. The van der Waals surface area contributed by atoms with E-state index in [2.05, 4.69) is 15.5 Å². The Bertz CT molecular complexity index is 558. The number of urea groups is 1. The van der Waals surface area contributed by atoms with Crippen LogP contribution in [-0.2, 0) is 0 Å². The maximum atomic E-state index is 12.2. The minimum absolute atomic E-state index is 0.102. The molecule has 3 fully saturated rings. The van der Waals surface area contributed by atoms with Gasteiger partial charge in [0.15, 0.2) is 0 Å². The largest absolute Gasteiger partial charge is 0.335 e. The Morgan fingerprint density at radius 2 is 1.65 bits per heavy atom. The van der Waals surface area contributed by atoms with Crippen LogP contribution in [0.5, 0.6) is 0 Å². The summed E-state index contributed by atoms with van der Waals surface area (Å²) in [5, 5.41) is 6.76. The predicted octanol–water partition coefficient (Wildman–Crippen LogP) is 4.01. The number of piperidine rings is 2. The van der Waals surface area contributed by atoms with Gasteiger partial charge in [-0.05, 0) is 62.8 Å². The molecule has 2 unspecified atom stereocenters. The zero-order valence-corrected chi connectivity index (χ0v) is 14.1. The molecule has 124 valence electrons. The number of nitrogens with zero attached hydrogens (tertiary/aromatic N) is 1. The molecule has 2 bridgehead atoms. The first-order valence-electron chi connectivity index (χ1n) is 8.79. The lowest BCUT2D eigenvalue weighted by atomic mass is 9.81. The van der Waals surface area contributed by atoms with Crippen molar-refractivity contribution in [2.75, 3.05) is 5.32 Å². The van der Waals surface area contributed by atoms with E-state index < -0.39 is 0 Å². The standard InChI is InChI=1S/C18H24ClN3O/c19-12-4-6-13(7-5-12)20-18(23)21-14-10-16-2-1-3-17(11-14)22(16)15-8-9-15/h4-7,14-17H,1-3,8-11H2,(H2,20,21,23). The maximum Gasteiger partial charge on any atom is 0.319 e. The van der Waals surface area contributed by atoms with Gasteiger partial charge in [0.25, 0.3) is 0 Å². The van der Waals surface area contributed by atoms with Crippen molar-refractivity contribution in [3.8, 4) is 0 Å². The predicted molar refractivity (Wildman–Crippen MR) is 92.9 cm³/mol. The van der Waals surface area contributed by atoms with Gasteiger partial charge in [-0.2, -0.15) is 0 Å². The number of fused-ring (bicyclic) bond motifs is 2. The number of benzene rings is 1. The lowest BCUT2D eigenvalue weighted by Crippen LogP contribution is -2.58. The Morgan fingerprint density at radius 1 is 1.00 bits per heavy atom. The van der Waals surface area contributed by atoms with E-state index in [1.807, 2.05) is 12.1 Å². The fourth-order valence-corrected chi connectivity index (χ4v) is 4.52. The van der Waals surface area contributed by atoms with Crippen molar-refractivity contribution < 1.29 is 4.79 Å². The number of nitrogens with one attached hydrogen (secondary N) is 2. The number of carbonyl (C=O) groups excluding carboxylic acids is 1. The topological polar surface area (TPSA) is 44.4 Å². The van der Waals surface area contributed by atoms with Gasteiger partial charge in [0.1, 0.15) is 0 Å². The van der Waals surface area contributed by atoms with E-state index in [0.29, 0.717) is 23.1 Å². The van der Waals surface area contributed by atoms with E-state index >= 15 is 0 Å². The quantitative estimate of drug-likeness (QED) is 0.877. The summed E-state index contributed by atoms with van der Waals surface area (Å²) < 4.78 is 0. The normalized spacial score (nSPS) is 30.7. The fraction of sp³-hybridized carbons (Fsp3) is 0.611. The highest BCUT2D eigenvalue weighted by Gasteiger charge is 2.45. The molecular formula is C18H24ClN3O. The molecule has 2 heterocycles. The minimum atomic E-state index is -0.102. The number of carbonyl (C=O) groups is 1. The van der Waals surface area contributed by atoms with Crippen LogP contribution in [0.1, 0.15) is 44.9 Å². The molecule has 2 atom stereocenters. The van der Waals surface area contributed by atoms with Crippen molar-refractivity contribution in [1.29, 1.82) is 0 Å². The number of rotatable bonds is 3. The van der Waals surface area contributed by atoms with E-state index in [-0.39, 0.29) is 6.03 Å². The Balaban J connectivity index is 1.34. The molecule has 0 radical (unpaired) electrons. The summed E-state index contributed by atoms with van der Waals surface area (Å²) in [6.07, 6.45) is 8.89. The average Bonchev–Trinajstić information content (AvgIpc) is 3.33. The number of halogens is 1. The molecule has 0 aromatic heterocycles. The molecular weight excluding hydrogens is 310 g/mol. The second-order valence-corrected chi connectivity index (χ2v) is 7.63.